The largest absolute Gasteiger partial charge is 0.341 e. The lowest BCUT2D eigenvalue weighted by Gasteiger charge is -2.31. The molecule has 0 bridgehead atoms. The summed E-state index contributed by atoms with van der Waals surface area (Å²) in [5, 5.41) is 3.35. The molecular weight excluding hydrogens is 272 g/mol. The molecule has 3 nitrogen and oxygen atoms in total. The van der Waals surface area contributed by atoms with Gasteiger partial charge >= 0.3 is 0 Å². The molecule has 20 heavy (non-hydrogen) atoms. The molecule has 2 atom stereocenters. The average molecular weight is 303 g/mol. The van der Waals surface area contributed by atoms with Gasteiger partial charge < -0.3 is 10.2 Å². The molecule has 0 aromatic rings. The van der Waals surface area contributed by atoms with Crippen LogP contribution in [0.25, 0.3) is 0 Å². The van der Waals surface area contributed by atoms with E-state index in [0.29, 0.717) is 11.9 Å². The Morgan fingerprint density at radius 1 is 1.25 bits per heavy atom. The highest BCUT2D eigenvalue weighted by Gasteiger charge is 2.29. The van der Waals surface area contributed by atoms with Crippen LogP contribution >= 0.6 is 12.4 Å². The van der Waals surface area contributed by atoms with Crippen LogP contribution in [-0.4, -0.2) is 37.0 Å². The van der Waals surface area contributed by atoms with Gasteiger partial charge in [0.25, 0.3) is 0 Å². The SMILES string of the molecule is CCC(CC1CCCCC1)C(=O)N(C)C1CCNC1.Cl. The predicted molar refractivity (Wildman–Crippen MR) is 86.3 cm³/mol. The number of carbonyl (C=O) groups is 1. The van der Waals surface area contributed by atoms with Crippen molar-refractivity contribution in [2.24, 2.45) is 11.8 Å². The lowest BCUT2D eigenvalue weighted by molar-refractivity contribution is -0.136. The fraction of sp³-hybridized carbons (Fsp3) is 0.938. The minimum Gasteiger partial charge on any atom is -0.341 e. The Balaban J connectivity index is 0.00000200. The minimum atomic E-state index is 0. The maximum absolute atomic E-state index is 12.6. The van der Waals surface area contributed by atoms with Gasteiger partial charge in [0.1, 0.15) is 0 Å². The highest BCUT2D eigenvalue weighted by molar-refractivity contribution is 5.85. The lowest BCUT2D eigenvalue weighted by Crippen LogP contribution is -2.42. The van der Waals surface area contributed by atoms with Crippen LogP contribution in [0.5, 0.6) is 0 Å². The third-order valence-corrected chi connectivity index (χ3v) is 5.11. The Kier molecular flexibility index (Phi) is 7.90. The molecule has 2 aliphatic rings. The summed E-state index contributed by atoms with van der Waals surface area (Å²) in [6, 6.07) is 0.424. The van der Waals surface area contributed by atoms with Crippen LogP contribution in [0.1, 0.15) is 58.3 Å². The van der Waals surface area contributed by atoms with E-state index < -0.39 is 0 Å². The van der Waals surface area contributed by atoms with Crippen LogP contribution in [0.4, 0.5) is 0 Å². The van der Waals surface area contributed by atoms with Crippen LogP contribution in [0.3, 0.4) is 0 Å². The van der Waals surface area contributed by atoms with Crippen molar-refractivity contribution in [1.82, 2.24) is 10.2 Å². The Hall–Kier alpha value is -0.280. The van der Waals surface area contributed by atoms with E-state index in [1.165, 1.54) is 32.1 Å². The smallest absolute Gasteiger partial charge is 0.225 e. The zero-order valence-electron chi connectivity index (χ0n) is 13.1. The molecule has 2 rings (SSSR count). The van der Waals surface area contributed by atoms with Crippen molar-refractivity contribution in [2.45, 2.75) is 64.3 Å². The molecule has 0 aromatic heterocycles. The summed E-state index contributed by atoms with van der Waals surface area (Å²) >= 11 is 0. The Bertz CT molecular complexity index is 286. The maximum atomic E-state index is 12.6. The molecule has 1 saturated carbocycles. The first kappa shape index (κ1) is 17.8. The van der Waals surface area contributed by atoms with Crippen LogP contribution in [0.2, 0.25) is 0 Å². The molecule has 0 aromatic carbocycles. The third kappa shape index (κ3) is 4.63. The van der Waals surface area contributed by atoms with Crippen molar-refractivity contribution >= 4 is 18.3 Å². The topological polar surface area (TPSA) is 32.3 Å². The Morgan fingerprint density at radius 2 is 1.95 bits per heavy atom. The fourth-order valence-corrected chi connectivity index (χ4v) is 3.71. The molecule has 4 heteroatoms. The number of halogens is 1. The second kappa shape index (κ2) is 8.89. The third-order valence-electron chi connectivity index (χ3n) is 5.11. The minimum absolute atomic E-state index is 0. The van der Waals surface area contributed by atoms with Gasteiger partial charge in [-0.25, -0.2) is 0 Å². The van der Waals surface area contributed by atoms with E-state index in [2.05, 4.69) is 12.2 Å². The Morgan fingerprint density at radius 3 is 2.50 bits per heavy atom. The summed E-state index contributed by atoms with van der Waals surface area (Å²) in [7, 11) is 2.00. The second-order valence-electron chi connectivity index (χ2n) is 6.44. The van der Waals surface area contributed by atoms with Gasteiger partial charge in [-0.2, -0.15) is 0 Å². The molecule has 0 radical (unpaired) electrons. The fourth-order valence-electron chi connectivity index (χ4n) is 3.71. The number of nitrogens with zero attached hydrogens (tertiary/aromatic N) is 1. The average Bonchev–Trinajstić information content (AvgIpc) is 2.98. The summed E-state index contributed by atoms with van der Waals surface area (Å²) in [6.45, 7) is 4.20. The number of amides is 1. The standard InChI is InChI=1S/C16H30N2O.ClH/c1-3-14(11-13-7-5-4-6-8-13)16(19)18(2)15-9-10-17-12-15;/h13-15,17H,3-12H2,1-2H3;1H. The highest BCUT2D eigenvalue weighted by Crippen LogP contribution is 2.31. The number of likely N-dealkylation sites (N-methyl/N-ethyl adjacent to an activating group) is 1. The van der Waals surface area contributed by atoms with E-state index in [1.54, 1.807) is 0 Å². The van der Waals surface area contributed by atoms with E-state index in [-0.39, 0.29) is 18.3 Å². The summed E-state index contributed by atoms with van der Waals surface area (Å²) < 4.78 is 0. The van der Waals surface area contributed by atoms with Crippen LogP contribution in [0.15, 0.2) is 0 Å². The Labute approximate surface area is 130 Å². The molecule has 1 aliphatic carbocycles. The summed E-state index contributed by atoms with van der Waals surface area (Å²) in [5.41, 5.74) is 0. The summed E-state index contributed by atoms with van der Waals surface area (Å²) in [4.78, 5) is 14.7. The van der Waals surface area contributed by atoms with Crippen molar-refractivity contribution < 1.29 is 4.79 Å². The molecule has 0 spiro atoms. The van der Waals surface area contributed by atoms with Gasteiger partial charge in [-0.3, -0.25) is 4.79 Å². The van der Waals surface area contributed by atoms with Crippen molar-refractivity contribution in [3.8, 4) is 0 Å². The van der Waals surface area contributed by atoms with Gasteiger partial charge in [0.2, 0.25) is 5.91 Å². The molecule has 1 saturated heterocycles. The highest BCUT2D eigenvalue weighted by atomic mass is 35.5. The number of nitrogens with one attached hydrogen (secondary N) is 1. The monoisotopic (exact) mass is 302 g/mol. The normalized spacial score (nSPS) is 25.0. The van der Waals surface area contributed by atoms with E-state index in [4.69, 9.17) is 0 Å². The van der Waals surface area contributed by atoms with Crippen molar-refractivity contribution in [3.05, 3.63) is 0 Å². The van der Waals surface area contributed by atoms with Gasteiger partial charge in [-0.15, -0.1) is 12.4 Å². The summed E-state index contributed by atoms with van der Waals surface area (Å²) in [5.74, 6) is 1.45. The van der Waals surface area contributed by atoms with Gasteiger partial charge in [-0.05, 0) is 31.7 Å². The molecule has 118 valence electrons. The van der Waals surface area contributed by atoms with E-state index in [9.17, 15) is 4.79 Å². The first-order valence-electron chi connectivity index (χ1n) is 8.19. The number of hydrogen-bond donors (Lipinski definition) is 1. The molecule has 2 unspecified atom stereocenters. The molecule has 1 heterocycles. The van der Waals surface area contributed by atoms with E-state index >= 15 is 0 Å². The summed E-state index contributed by atoms with van der Waals surface area (Å²) in [6.07, 6.45) is 10.1. The van der Waals surface area contributed by atoms with Crippen molar-refractivity contribution in [3.63, 3.8) is 0 Å². The molecule has 2 fully saturated rings. The van der Waals surface area contributed by atoms with E-state index in [1.807, 2.05) is 11.9 Å². The van der Waals surface area contributed by atoms with E-state index in [0.717, 1.165) is 38.3 Å². The lowest BCUT2D eigenvalue weighted by atomic mass is 9.81. The van der Waals surface area contributed by atoms with Crippen LogP contribution < -0.4 is 5.32 Å². The number of carbonyl (C=O) groups excluding carboxylic acids is 1. The van der Waals surface area contributed by atoms with Crippen LogP contribution in [-0.2, 0) is 4.79 Å². The van der Waals surface area contributed by atoms with Gasteiger partial charge in [0.05, 0.1) is 0 Å². The molecular formula is C16H31ClN2O. The predicted octanol–water partition coefficient (Wildman–Crippen LogP) is 3.23. The zero-order chi connectivity index (χ0) is 13.7. The first-order valence-corrected chi connectivity index (χ1v) is 8.19. The van der Waals surface area contributed by atoms with Crippen molar-refractivity contribution in [1.29, 1.82) is 0 Å². The van der Waals surface area contributed by atoms with Crippen LogP contribution in [0, 0.1) is 11.8 Å². The number of hydrogen-bond acceptors (Lipinski definition) is 2. The maximum Gasteiger partial charge on any atom is 0.225 e. The van der Waals surface area contributed by atoms with Gasteiger partial charge in [0, 0.05) is 25.6 Å². The van der Waals surface area contributed by atoms with Gasteiger partial charge in [0.15, 0.2) is 0 Å². The zero-order valence-corrected chi connectivity index (χ0v) is 13.9. The second-order valence-corrected chi connectivity index (χ2v) is 6.44. The van der Waals surface area contributed by atoms with Crippen molar-refractivity contribution in [2.75, 3.05) is 20.1 Å². The number of rotatable bonds is 5. The molecule has 1 amide bonds. The first-order chi connectivity index (χ1) is 9.22. The molecule has 1 aliphatic heterocycles. The quantitative estimate of drug-likeness (QED) is 0.845. The molecule has 1 N–H and O–H groups in total. The van der Waals surface area contributed by atoms with Gasteiger partial charge in [-0.1, -0.05) is 39.0 Å².